The van der Waals surface area contributed by atoms with Crippen LogP contribution in [0.25, 0.3) is 0 Å². The molecule has 1 aromatic rings. The van der Waals surface area contributed by atoms with Gasteiger partial charge in [0, 0.05) is 13.6 Å². The standard InChI is InChI=1S/C9H18N4O2/c1-8(9-12-11-7-13(9)2)10-3-5-15-6-4-14/h7-8,10,14H,3-6H2,1-2H3. The lowest BCUT2D eigenvalue weighted by molar-refractivity contribution is 0.0927. The van der Waals surface area contributed by atoms with Crippen LogP contribution in [0, 0.1) is 0 Å². The molecule has 0 aliphatic carbocycles. The third-order valence-electron chi connectivity index (χ3n) is 2.07. The normalized spacial score (nSPS) is 13.0. The van der Waals surface area contributed by atoms with E-state index < -0.39 is 0 Å². The van der Waals surface area contributed by atoms with Gasteiger partial charge in [-0.25, -0.2) is 0 Å². The van der Waals surface area contributed by atoms with E-state index in [2.05, 4.69) is 15.5 Å². The Morgan fingerprint density at radius 3 is 3.00 bits per heavy atom. The molecule has 86 valence electrons. The minimum atomic E-state index is 0.0683. The number of aliphatic hydroxyl groups is 1. The van der Waals surface area contributed by atoms with E-state index >= 15 is 0 Å². The smallest absolute Gasteiger partial charge is 0.149 e. The molecule has 1 rings (SSSR count). The maximum atomic E-state index is 8.49. The third kappa shape index (κ3) is 3.94. The molecule has 0 aliphatic heterocycles. The van der Waals surface area contributed by atoms with Crippen molar-refractivity contribution in [1.29, 1.82) is 0 Å². The Bertz CT molecular complexity index is 277. The van der Waals surface area contributed by atoms with E-state index in [-0.39, 0.29) is 12.6 Å². The van der Waals surface area contributed by atoms with Crippen molar-refractivity contribution in [1.82, 2.24) is 20.1 Å². The molecular weight excluding hydrogens is 196 g/mol. The van der Waals surface area contributed by atoms with Crippen molar-refractivity contribution < 1.29 is 9.84 Å². The van der Waals surface area contributed by atoms with Crippen molar-refractivity contribution in [2.45, 2.75) is 13.0 Å². The maximum Gasteiger partial charge on any atom is 0.149 e. The van der Waals surface area contributed by atoms with Crippen LogP contribution in [0.4, 0.5) is 0 Å². The van der Waals surface area contributed by atoms with Crippen LogP contribution in [0.5, 0.6) is 0 Å². The minimum absolute atomic E-state index is 0.0683. The van der Waals surface area contributed by atoms with Gasteiger partial charge in [-0.15, -0.1) is 10.2 Å². The summed E-state index contributed by atoms with van der Waals surface area (Å²) in [5.74, 6) is 0.900. The van der Waals surface area contributed by atoms with Gasteiger partial charge in [-0.2, -0.15) is 0 Å². The van der Waals surface area contributed by atoms with Crippen LogP contribution in [-0.2, 0) is 11.8 Å². The Morgan fingerprint density at radius 2 is 2.40 bits per heavy atom. The fourth-order valence-electron chi connectivity index (χ4n) is 1.29. The molecule has 0 fully saturated rings. The number of nitrogens with one attached hydrogen (secondary N) is 1. The molecule has 0 aliphatic rings. The molecule has 0 bridgehead atoms. The summed E-state index contributed by atoms with van der Waals surface area (Å²) in [4.78, 5) is 0. The van der Waals surface area contributed by atoms with Crippen LogP contribution >= 0.6 is 0 Å². The third-order valence-corrected chi connectivity index (χ3v) is 2.07. The van der Waals surface area contributed by atoms with Gasteiger partial charge in [-0.05, 0) is 6.92 Å². The molecule has 1 aromatic heterocycles. The van der Waals surface area contributed by atoms with Crippen LogP contribution in [0.1, 0.15) is 18.8 Å². The Hall–Kier alpha value is -0.980. The number of rotatable bonds is 7. The number of aryl methyl sites for hydroxylation is 1. The first-order valence-electron chi connectivity index (χ1n) is 5.01. The van der Waals surface area contributed by atoms with Gasteiger partial charge < -0.3 is 19.7 Å². The van der Waals surface area contributed by atoms with E-state index in [0.29, 0.717) is 13.2 Å². The molecule has 0 saturated heterocycles. The average molecular weight is 214 g/mol. The van der Waals surface area contributed by atoms with Crippen molar-refractivity contribution >= 4 is 0 Å². The van der Waals surface area contributed by atoms with E-state index in [1.807, 2.05) is 18.5 Å². The topological polar surface area (TPSA) is 72.2 Å². The van der Waals surface area contributed by atoms with E-state index in [1.165, 1.54) is 0 Å². The van der Waals surface area contributed by atoms with Crippen molar-refractivity contribution in [2.75, 3.05) is 26.4 Å². The summed E-state index contributed by atoms with van der Waals surface area (Å²) in [6, 6.07) is 0.148. The summed E-state index contributed by atoms with van der Waals surface area (Å²) in [6.07, 6.45) is 1.68. The maximum absolute atomic E-state index is 8.49. The van der Waals surface area contributed by atoms with Crippen molar-refractivity contribution in [3.8, 4) is 0 Å². The molecule has 0 amide bonds. The van der Waals surface area contributed by atoms with Crippen molar-refractivity contribution in [3.05, 3.63) is 12.2 Å². The molecule has 6 nitrogen and oxygen atoms in total. The van der Waals surface area contributed by atoms with Crippen LogP contribution in [-0.4, -0.2) is 46.2 Å². The number of hydrogen-bond acceptors (Lipinski definition) is 5. The summed E-state index contributed by atoms with van der Waals surface area (Å²) in [6.45, 7) is 3.80. The molecule has 1 atom stereocenters. The number of hydrogen-bond donors (Lipinski definition) is 2. The van der Waals surface area contributed by atoms with Gasteiger partial charge in [0.05, 0.1) is 25.9 Å². The lowest BCUT2D eigenvalue weighted by Gasteiger charge is -2.12. The summed E-state index contributed by atoms with van der Waals surface area (Å²) < 4.78 is 7.01. The average Bonchev–Trinajstić information content (AvgIpc) is 2.64. The van der Waals surface area contributed by atoms with Gasteiger partial charge in [-0.3, -0.25) is 0 Å². The first kappa shape index (κ1) is 12.1. The first-order valence-corrected chi connectivity index (χ1v) is 5.01. The van der Waals surface area contributed by atoms with Crippen LogP contribution in [0.3, 0.4) is 0 Å². The molecule has 0 spiro atoms. The van der Waals surface area contributed by atoms with Crippen LogP contribution in [0.15, 0.2) is 6.33 Å². The monoisotopic (exact) mass is 214 g/mol. The lowest BCUT2D eigenvalue weighted by atomic mass is 10.3. The van der Waals surface area contributed by atoms with Crippen LogP contribution < -0.4 is 5.32 Å². The Balaban J connectivity index is 2.19. The van der Waals surface area contributed by atoms with E-state index in [4.69, 9.17) is 9.84 Å². The highest BCUT2D eigenvalue weighted by Crippen LogP contribution is 2.05. The zero-order valence-electron chi connectivity index (χ0n) is 9.18. The molecule has 0 saturated carbocycles. The summed E-state index contributed by atoms with van der Waals surface area (Å²) in [7, 11) is 1.91. The summed E-state index contributed by atoms with van der Waals surface area (Å²) in [5, 5.41) is 19.6. The predicted octanol–water partition coefficient (Wildman–Crippen LogP) is -0.525. The quantitative estimate of drug-likeness (QED) is 0.597. The molecule has 0 radical (unpaired) electrons. The summed E-state index contributed by atoms with van der Waals surface area (Å²) >= 11 is 0. The van der Waals surface area contributed by atoms with Crippen molar-refractivity contribution in [2.24, 2.45) is 7.05 Å². The van der Waals surface area contributed by atoms with Gasteiger partial charge in [-0.1, -0.05) is 0 Å². The Morgan fingerprint density at radius 1 is 1.60 bits per heavy atom. The highest BCUT2D eigenvalue weighted by Gasteiger charge is 2.09. The second-order valence-electron chi connectivity index (χ2n) is 3.31. The molecule has 2 N–H and O–H groups in total. The van der Waals surface area contributed by atoms with Gasteiger partial charge >= 0.3 is 0 Å². The fourth-order valence-corrected chi connectivity index (χ4v) is 1.29. The molecule has 1 unspecified atom stereocenters. The lowest BCUT2D eigenvalue weighted by Crippen LogP contribution is -2.25. The molecule has 1 heterocycles. The molecule has 6 heteroatoms. The fraction of sp³-hybridized carbons (Fsp3) is 0.778. The van der Waals surface area contributed by atoms with Gasteiger partial charge in [0.15, 0.2) is 0 Å². The van der Waals surface area contributed by atoms with Crippen LogP contribution in [0.2, 0.25) is 0 Å². The highest BCUT2D eigenvalue weighted by atomic mass is 16.5. The number of nitrogens with zero attached hydrogens (tertiary/aromatic N) is 3. The van der Waals surface area contributed by atoms with Gasteiger partial charge in [0.1, 0.15) is 12.2 Å². The largest absolute Gasteiger partial charge is 0.394 e. The molecule has 0 aromatic carbocycles. The molecular formula is C9H18N4O2. The molecule has 15 heavy (non-hydrogen) atoms. The Kier molecular flexibility index (Phi) is 5.23. The second-order valence-corrected chi connectivity index (χ2v) is 3.31. The zero-order chi connectivity index (χ0) is 11.1. The van der Waals surface area contributed by atoms with E-state index in [1.54, 1.807) is 6.33 Å². The van der Waals surface area contributed by atoms with Crippen molar-refractivity contribution in [3.63, 3.8) is 0 Å². The zero-order valence-corrected chi connectivity index (χ0v) is 9.18. The summed E-state index contributed by atoms with van der Waals surface area (Å²) in [5.41, 5.74) is 0. The Labute approximate surface area is 89.3 Å². The van der Waals surface area contributed by atoms with E-state index in [0.717, 1.165) is 12.4 Å². The number of aliphatic hydroxyl groups excluding tert-OH is 1. The first-order chi connectivity index (χ1) is 7.25. The van der Waals surface area contributed by atoms with Gasteiger partial charge in [0.25, 0.3) is 0 Å². The highest BCUT2D eigenvalue weighted by molar-refractivity contribution is 4.91. The minimum Gasteiger partial charge on any atom is -0.394 e. The number of ether oxygens (including phenoxy) is 1. The second kappa shape index (κ2) is 6.49. The SMILES string of the molecule is CC(NCCOCCO)c1nncn1C. The van der Waals surface area contributed by atoms with E-state index in [9.17, 15) is 0 Å². The predicted molar refractivity (Wildman–Crippen MR) is 55.3 cm³/mol. The van der Waals surface area contributed by atoms with Gasteiger partial charge in [0.2, 0.25) is 0 Å². The number of aromatic nitrogens is 3.